The molecule has 0 bridgehead atoms. The highest BCUT2D eigenvalue weighted by atomic mass is 35.7. The Balaban J connectivity index is 1.97. The Morgan fingerprint density at radius 3 is 1.71 bits per heavy atom. The van der Waals surface area contributed by atoms with Gasteiger partial charge in [0.2, 0.25) is 9.05 Å². The Kier molecular flexibility index (Phi) is 3.08. The topological polar surface area (TPSA) is 34.1 Å². The Hall–Kier alpha value is 0.240. The van der Waals surface area contributed by atoms with Crippen LogP contribution in [0.4, 0.5) is 0 Å². The normalized spacial score (nSPS) is 24.7. The molecule has 0 aliphatic heterocycles. The van der Waals surface area contributed by atoms with Gasteiger partial charge in [-0.2, -0.15) is 0 Å². The summed E-state index contributed by atoms with van der Waals surface area (Å²) in [5.41, 5.74) is 0. The van der Waals surface area contributed by atoms with Gasteiger partial charge in [-0.05, 0) is 17.8 Å². The predicted molar refractivity (Wildman–Crippen MR) is 57.8 cm³/mol. The third-order valence-corrected chi connectivity index (χ3v) is 5.06. The molecule has 0 saturated heterocycles. The SMILES string of the molecule is O=S(=O)(Cl)CC(C1CCC1)C1CCC1. The summed E-state index contributed by atoms with van der Waals surface area (Å²) in [5, 5.41) is 0. The molecule has 2 aliphatic carbocycles. The van der Waals surface area contributed by atoms with Crippen LogP contribution in [0.15, 0.2) is 0 Å². The maximum absolute atomic E-state index is 11.1. The van der Waals surface area contributed by atoms with E-state index < -0.39 is 9.05 Å². The smallest absolute Gasteiger partial charge is 0.212 e. The fourth-order valence-corrected chi connectivity index (χ4v) is 4.06. The lowest BCUT2D eigenvalue weighted by Crippen LogP contribution is -2.36. The van der Waals surface area contributed by atoms with E-state index >= 15 is 0 Å². The second-order valence-electron chi connectivity index (χ2n) is 4.75. The largest absolute Gasteiger partial charge is 0.232 e. The first kappa shape index (κ1) is 10.7. The van der Waals surface area contributed by atoms with Gasteiger partial charge in [-0.15, -0.1) is 0 Å². The molecule has 2 rings (SSSR count). The van der Waals surface area contributed by atoms with Crippen LogP contribution in [-0.4, -0.2) is 14.2 Å². The molecule has 0 amide bonds. The maximum atomic E-state index is 11.1. The summed E-state index contributed by atoms with van der Waals surface area (Å²) in [6.45, 7) is 0. The predicted octanol–water partition coefficient (Wildman–Crippen LogP) is 2.77. The molecule has 4 heteroatoms. The number of hydrogen-bond donors (Lipinski definition) is 0. The molecule has 14 heavy (non-hydrogen) atoms. The Morgan fingerprint density at radius 2 is 1.50 bits per heavy atom. The fourth-order valence-electron chi connectivity index (χ4n) is 2.62. The molecule has 0 heterocycles. The van der Waals surface area contributed by atoms with Crippen LogP contribution in [0.25, 0.3) is 0 Å². The van der Waals surface area contributed by atoms with E-state index in [-0.39, 0.29) is 5.75 Å². The van der Waals surface area contributed by atoms with Crippen molar-refractivity contribution in [3.63, 3.8) is 0 Å². The van der Waals surface area contributed by atoms with Crippen LogP contribution in [0, 0.1) is 17.8 Å². The quantitative estimate of drug-likeness (QED) is 0.704. The number of hydrogen-bond acceptors (Lipinski definition) is 2. The molecular formula is C10H17ClO2S. The monoisotopic (exact) mass is 236 g/mol. The third-order valence-electron chi connectivity index (χ3n) is 3.90. The first-order valence-corrected chi connectivity index (χ1v) is 7.96. The van der Waals surface area contributed by atoms with Crippen molar-refractivity contribution >= 4 is 19.7 Å². The van der Waals surface area contributed by atoms with Crippen molar-refractivity contribution in [3.8, 4) is 0 Å². The molecule has 2 fully saturated rings. The lowest BCUT2D eigenvalue weighted by Gasteiger charge is -2.42. The minimum atomic E-state index is -3.29. The molecule has 2 saturated carbocycles. The molecule has 2 nitrogen and oxygen atoms in total. The van der Waals surface area contributed by atoms with Crippen molar-refractivity contribution in [2.45, 2.75) is 38.5 Å². The molecule has 0 aromatic rings. The van der Waals surface area contributed by atoms with Gasteiger partial charge in [-0.1, -0.05) is 38.5 Å². The summed E-state index contributed by atoms with van der Waals surface area (Å²) in [4.78, 5) is 0. The molecule has 0 atom stereocenters. The summed E-state index contributed by atoms with van der Waals surface area (Å²) in [7, 11) is 2.06. The summed E-state index contributed by atoms with van der Waals surface area (Å²) >= 11 is 0. The molecule has 0 radical (unpaired) electrons. The van der Waals surface area contributed by atoms with Gasteiger partial charge in [-0.25, -0.2) is 8.42 Å². The third kappa shape index (κ3) is 2.43. The van der Waals surface area contributed by atoms with Crippen molar-refractivity contribution in [2.24, 2.45) is 17.8 Å². The highest BCUT2D eigenvalue weighted by Crippen LogP contribution is 2.45. The van der Waals surface area contributed by atoms with Gasteiger partial charge >= 0.3 is 0 Å². The molecule has 0 N–H and O–H groups in total. The molecule has 0 aromatic heterocycles. The van der Waals surface area contributed by atoms with Crippen molar-refractivity contribution in [3.05, 3.63) is 0 Å². The van der Waals surface area contributed by atoms with Gasteiger partial charge in [0.05, 0.1) is 5.75 Å². The number of rotatable bonds is 4. The average Bonchev–Trinajstić information content (AvgIpc) is 1.72. The van der Waals surface area contributed by atoms with Gasteiger partial charge in [0.25, 0.3) is 0 Å². The Bertz CT molecular complexity index is 277. The number of halogens is 1. The molecule has 0 unspecified atom stereocenters. The highest BCUT2D eigenvalue weighted by molar-refractivity contribution is 8.13. The van der Waals surface area contributed by atoms with E-state index in [9.17, 15) is 8.42 Å². The zero-order valence-corrected chi connectivity index (χ0v) is 9.86. The van der Waals surface area contributed by atoms with Crippen LogP contribution in [0.2, 0.25) is 0 Å². The summed E-state index contributed by atoms with van der Waals surface area (Å²) in [5.74, 6) is 1.87. The van der Waals surface area contributed by atoms with Crippen LogP contribution >= 0.6 is 10.7 Å². The first-order valence-electron chi connectivity index (χ1n) is 5.48. The van der Waals surface area contributed by atoms with Crippen LogP contribution in [-0.2, 0) is 9.05 Å². The standard InChI is InChI=1S/C10H17ClO2S/c11-14(12,13)7-10(8-3-1-4-8)9-5-2-6-9/h8-10H,1-7H2. The molecule has 82 valence electrons. The second kappa shape index (κ2) is 4.01. The van der Waals surface area contributed by atoms with E-state index in [0.717, 1.165) is 0 Å². The van der Waals surface area contributed by atoms with Crippen LogP contribution in [0.1, 0.15) is 38.5 Å². The van der Waals surface area contributed by atoms with Gasteiger partial charge in [0.15, 0.2) is 0 Å². The van der Waals surface area contributed by atoms with Crippen molar-refractivity contribution in [2.75, 3.05) is 5.75 Å². The van der Waals surface area contributed by atoms with E-state index in [2.05, 4.69) is 0 Å². The van der Waals surface area contributed by atoms with Gasteiger partial charge in [-0.3, -0.25) is 0 Å². The van der Waals surface area contributed by atoms with Crippen LogP contribution in [0.5, 0.6) is 0 Å². The molecule has 0 aromatic carbocycles. The van der Waals surface area contributed by atoms with Gasteiger partial charge < -0.3 is 0 Å². The summed E-state index contributed by atoms with van der Waals surface area (Å²) in [6, 6.07) is 0. The minimum Gasteiger partial charge on any atom is -0.212 e. The van der Waals surface area contributed by atoms with Crippen molar-refractivity contribution < 1.29 is 8.42 Å². The second-order valence-corrected chi connectivity index (χ2v) is 7.57. The lowest BCUT2D eigenvalue weighted by atomic mass is 9.65. The Morgan fingerprint density at radius 1 is 1.07 bits per heavy atom. The van der Waals surface area contributed by atoms with E-state index in [1.54, 1.807) is 0 Å². The molecular weight excluding hydrogens is 220 g/mol. The van der Waals surface area contributed by atoms with E-state index in [1.165, 1.54) is 38.5 Å². The fraction of sp³-hybridized carbons (Fsp3) is 1.00. The van der Waals surface area contributed by atoms with Crippen LogP contribution < -0.4 is 0 Å². The van der Waals surface area contributed by atoms with Crippen molar-refractivity contribution in [1.29, 1.82) is 0 Å². The van der Waals surface area contributed by atoms with E-state index in [1.807, 2.05) is 0 Å². The van der Waals surface area contributed by atoms with Gasteiger partial charge in [0, 0.05) is 10.7 Å². The lowest BCUT2D eigenvalue weighted by molar-refractivity contribution is 0.110. The van der Waals surface area contributed by atoms with Gasteiger partial charge in [0.1, 0.15) is 0 Å². The zero-order valence-electron chi connectivity index (χ0n) is 8.28. The zero-order chi connectivity index (χ0) is 10.2. The maximum Gasteiger partial charge on any atom is 0.232 e. The van der Waals surface area contributed by atoms with Crippen LogP contribution in [0.3, 0.4) is 0 Å². The minimum absolute atomic E-state index is 0.212. The van der Waals surface area contributed by atoms with E-state index in [4.69, 9.17) is 10.7 Å². The van der Waals surface area contributed by atoms with E-state index in [0.29, 0.717) is 17.8 Å². The first-order chi connectivity index (χ1) is 6.56. The average molecular weight is 237 g/mol. The highest BCUT2D eigenvalue weighted by Gasteiger charge is 2.38. The molecule has 2 aliphatic rings. The summed E-state index contributed by atoms with van der Waals surface area (Å²) < 4.78 is 22.2. The van der Waals surface area contributed by atoms with Crippen molar-refractivity contribution in [1.82, 2.24) is 0 Å². The summed E-state index contributed by atoms with van der Waals surface area (Å²) in [6.07, 6.45) is 7.41. The molecule has 0 spiro atoms. The Labute approximate surface area is 90.4 Å².